The number of carbonyl (C=O) groups is 1. The van der Waals surface area contributed by atoms with Crippen molar-refractivity contribution in [1.29, 1.82) is 0 Å². The van der Waals surface area contributed by atoms with Crippen LogP contribution in [-0.4, -0.2) is 29.2 Å². The average Bonchev–Trinajstić information content (AvgIpc) is 3.17. The third kappa shape index (κ3) is 4.01. The lowest BCUT2D eigenvalue weighted by molar-refractivity contribution is 0.0782. The number of nitrogens with zero attached hydrogens (tertiary/aromatic N) is 2. The summed E-state index contributed by atoms with van der Waals surface area (Å²) in [6.45, 7) is 3.00. The highest BCUT2D eigenvalue weighted by Crippen LogP contribution is 2.32. The van der Waals surface area contributed by atoms with Gasteiger partial charge in [0.15, 0.2) is 11.5 Å². The Morgan fingerprint density at radius 2 is 1.86 bits per heavy atom. The molecule has 1 aliphatic heterocycles. The van der Waals surface area contributed by atoms with Crippen molar-refractivity contribution in [3.8, 4) is 11.5 Å². The van der Waals surface area contributed by atoms with Gasteiger partial charge in [0.05, 0.1) is 6.54 Å². The summed E-state index contributed by atoms with van der Waals surface area (Å²) in [7, 11) is 1.68. The van der Waals surface area contributed by atoms with E-state index in [1.165, 1.54) is 4.90 Å². The van der Waals surface area contributed by atoms with Gasteiger partial charge in [-0.3, -0.25) is 9.59 Å². The molecule has 148 valence electrons. The van der Waals surface area contributed by atoms with Crippen LogP contribution in [0.5, 0.6) is 11.5 Å². The monoisotopic (exact) mass is 390 g/mol. The number of fused-ring (bicyclic) bond motifs is 1. The van der Waals surface area contributed by atoms with Crippen molar-refractivity contribution in [3.63, 3.8) is 0 Å². The first kappa shape index (κ1) is 18.8. The van der Waals surface area contributed by atoms with Crippen molar-refractivity contribution in [3.05, 3.63) is 93.4 Å². The summed E-state index contributed by atoms with van der Waals surface area (Å²) in [6.07, 6.45) is 1.71. The Morgan fingerprint density at radius 3 is 2.69 bits per heavy atom. The molecule has 4 rings (SSSR count). The van der Waals surface area contributed by atoms with E-state index in [2.05, 4.69) is 0 Å². The van der Waals surface area contributed by atoms with Crippen LogP contribution in [0.25, 0.3) is 0 Å². The van der Waals surface area contributed by atoms with Crippen LogP contribution in [0.3, 0.4) is 0 Å². The second kappa shape index (κ2) is 7.83. The van der Waals surface area contributed by atoms with E-state index < -0.39 is 0 Å². The van der Waals surface area contributed by atoms with E-state index in [1.807, 2.05) is 49.4 Å². The fourth-order valence-electron chi connectivity index (χ4n) is 3.42. The second-order valence-electron chi connectivity index (χ2n) is 7.19. The van der Waals surface area contributed by atoms with E-state index in [0.717, 1.165) is 16.7 Å². The summed E-state index contributed by atoms with van der Waals surface area (Å²) in [5.41, 5.74) is 2.91. The second-order valence-corrected chi connectivity index (χ2v) is 7.19. The van der Waals surface area contributed by atoms with Crippen molar-refractivity contribution in [2.75, 3.05) is 13.8 Å². The van der Waals surface area contributed by atoms with Gasteiger partial charge in [0, 0.05) is 19.8 Å². The maximum absolute atomic E-state index is 12.9. The summed E-state index contributed by atoms with van der Waals surface area (Å²) < 4.78 is 12.3. The van der Waals surface area contributed by atoms with Gasteiger partial charge in [0.25, 0.3) is 11.5 Å². The summed E-state index contributed by atoms with van der Waals surface area (Å²) in [5.74, 6) is 1.06. The molecule has 0 unspecified atom stereocenters. The van der Waals surface area contributed by atoms with E-state index in [0.29, 0.717) is 24.6 Å². The summed E-state index contributed by atoms with van der Waals surface area (Å²) >= 11 is 0. The van der Waals surface area contributed by atoms with Crippen LogP contribution >= 0.6 is 0 Å². The molecule has 1 aliphatic rings. The van der Waals surface area contributed by atoms with Crippen LogP contribution in [-0.2, 0) is 13.1 Å². The molecule has 6 nitrogen and oxygen atoms in total. The standard InChI is InChI=1S/C23H22N2O4/c1-16-5-3-6-17(11-16)14-25-10-4-7-19(23(25)27)22(26)24(2)13-18-8-9-20-21(12-18)29-15-28-20/h3-12H,13-15H2,1-2H3. The lowest BCUT2D eigenvalue weighted by Crippen LogP contribution is -2.34. The zero-order valence-electron chi connectivity index (χ0n) is 16.4. The van der Waals surface area contributed by atoms with Gasteiger partial charge in [0.1, 0.15) is 5.56 Å². The molecule has 1 aromatic heterocycles. The Kier molecular flexibility index (Phi) is 5.08. The van der Waals surface area contributed by atoms with Gasteiger partial charge >= 0.3 is 0 Å². The molecule has 0 N–H and O–H groups in total. The SMILES string of the molecule is Cc1cccc(Cn2cccc(C(=O)N(C)Cc3ccc4c(c3)OCO4)c2=O)c1. The smallest absolute Gasteiger partial charge is 0.263 e. The average molecular weight is 390 g/mol. The van der Waals surface area contributed by atoms with Gasteiger partial charge in [-0.25, -0.2) is 0 Å². The van der Waals surface area contributed by atoms with Gasteiger partial charge < -0.3 is 18.9 Å². The van der Waals surface area contributed by atoms with Gasteiger partial charge in [-0.05, 0) is 42.3 Å². The van der Waals surface area contributed by atoms with Crippen LogP contribution in [0.15, 0.2) is 65.6 Å². The number of hydrogen-bond acceptors (Lipinski definition) is 4. The minimum absolute atomic E-state index is 0.156. The van der Waals surface area contributed by atoms with E-state index in [4.69, 9.17) is 9.47 Å². The fraction of sp³-hybridized carbons (Fsp3) is 0.217. The topological polar surface area (TPSA) is 60.8 Å². The molecule has 0 saturated heterocycles. The number of carbonyl (C=O) groups excluding carboxylic acids is 1. The highest BCUT2D eigenvalue weighted by molar-refractivity contribution is 5.93. The Labute approximate surface area is 168 Å². The molecule has 0 bridgehead atoms. The zero-order chi connectivity index (χ0) is 20.4. The van der Waals surface area contributed by atoms with Gasteiger partial charge in [-0.1, -0.05) is 35.9 Å². The van der Waals surface area contributed by atoms with Crippen molar-refractivity contribution < 1.29 is 14.3 Å². The minimum Gasteiger partial charge on any atom is -0.454 e. The Hall–Kier alpha value is -3.54. The first-order chi connectivity index (χ1) is 14.0. The summed E-state index contributed by atoms with van der Waals surface area (Å²) in [6, 6.07) is 16.9. The van der Waals surface area contributed by atoms with Crippen LogP contribution < -0.4 is 15.0 Å². The molecule has 29 heavy (non-hydrogen) atoms. The molecule has 0 aliphatic carbocycles. The number of ether oxygens (including phenoxy) is 2. The normalized spacial score (nSPS) is 12.1. The van der Waals surface area contributed by atoms with Gasteiger partial charge in [0.2, 0.25) is 6.79 Å². The molecule has 6 heteroatoms. The quantitative estimate of drug-likeness (QED) is 0.671. The molecule has 0 radical (unpaired) electrons. The summed E-state index contributed by atoms with van der Waals surface area (Å²) in [5, 5.41) is 0. The first-order valence-electron chi connectivity index (χ1n) is 9.40. The third-order valence-corrected chi connectivity index (χ3v) is 4.89. The number of hydrogen-bond donors (Lipinski definition) is 0. The number of pyridine rings is 1. The van der Waals surface area contributed by atoms with E-state index >= 15 is 0 Å². The molecule has 0 saturated carbocycles. The number of rotatable bonds is 5. The zero-order valence-corrected chi connectivity index (χ0v) is 16.4. The Balaban J connectivity index is 1.53. The van der Waals surface area contributed by atoms with Crippen LogP contribution in [0.4, 0.5) is 0 Å². The van der Waals surface area contributed by atoms with Gasteiger partial charge in [-0.15, -0.1) is 0 Å². The van der Waals surface area contributed by atoms with Crippen molar-refractivity contribution in [1.82, 2.24) is 9.47 Å². The maximum atomic E-state index is 12.9. The van der Waals surface area contributed by atoms with E-state index in [1.54, 1.807) is 29.9 Å². The summed E-state index contributed by atoms with van der Waals surface area (Å²) in [4.78, 5) is 27.3. The first-order valence-corrected chi connectivity index (χ1v) is 9.40. The van der Waals surface area contributed by atoms with Crippen molar-refractivity contribution >= 4 is 5.91 Å². The Morgan fingerprint density at radius 1 is 1.03 bits per heavy atom. The number of benzene rings is 2. The largest absolute Gasteiger partial charge is 0.454 e. The highest BCUT2D eigenvalue weighted by atomic mass is 16.7. The fourth-order valence-corrected chi connectivity index (χ4v) is 3.42. The molecule has 0 spiro atoms. The van der Waals surface area contributed by atoms with Crippen LogP contribution in [0.2, 0.25) is 0 Å². The molecule has 0 fully saturated rings. The molecular formula is C23H22N2O4. The maximum Gasteiger partial charge on any atom is 0.263 e. The van der Waals surface area contributed by atoms with Crippen molar-refractivity contribution in [2.24, 2.45) is 0 Å². The Bertz CT molecular complexity index is 1120. The molecule has 1 amide bonds. The molecule has 0 atom stereocenters. The minimum atomic E-state index is -0.314. The number of aromatic nitrogens is 1. The van der Waals surface area contributed by atoms with Crippen LogP contribution in [0, 0.1) is 6.92 Å². The van der Waals surface area contributed by atoms with Crippen molar-refractivity contribution in [2.45, 2.75) is 20.0 Å². The van der Waals surface area contributed by atoms with E-state index in [9.17, 15) is 9.59 Å². The molecule has 2 heterocycles. The van der Waals surface area contributed by atoms with Crippen LogP contribution in [0.1, 0.15) is 27.0 Å². The highest BCUT2D eigenvalue weighted by Gasteiger charge is 2.19. The lowest BCUT2D eigenvalue weighted by Gasteiger charge is -2.18. The molecular weight excluding hydrogens is 368 g/mol. The molecule has 3 aromatic rings. The predicted octanol–water partition coefficient (Wildman–Crippen LogP) is 3.21. The third-order valence-electron chi connectivity index (χ3n) is 4.89. The molecule has 2 aromatic carbocycles. The van der Waals surface area contributed by atoms with Gasteiger partial charge in [-0.2, -0.15) is 0 Å². The predicted molar refractivity (Wildman–Crippen MR) is 109 cm³/mol. The number of aryl methyl sites for hydroxylation is 1. The number of amides is 1. The lowest BCUT2D eigenvalue weighted by atomic mass is 10.1. The van der Waals surface area contributed by atoms with E-state index in [-0.39, 0.29) is 23.8 Å².